The predicted octanol–water partition coefficient (Wildman–Crippen LogP) is 18.8. The van der Waals surface area contributed by atoms with Crippen LogP contribution in [0.25, 0.3) is 0 Å². The third-order valence-corrected chi connectivity index (χ3v) is 11.1. The molecule has 0 aromatic carbocycles. The lowest BCUT2D eigenvalue weighted by atomic mass is 10.1. The van der Waals surface area contributed by atoms with Crippen molar-refractivity contribution >= 4 is 17.9 Å². The average Bonchev–Trinajstić information content (AvgIpc) is 3.36. The second kappa shape index (κ2) is 56.9. The number of carbonyl (C=O) groups is 3. The zero-order chi connectivity index (χ0) is 50.7. The van der Waals surface area contributed by atoms with E-state index in [0.29, 0.717) is 25.7 Å². The van der Waals surface area contributed by atoms with Crippen molar-refractivity contribution in [1.29, 1.82) is 0 Å². The summed E-state index contributed by atoms with van der Waals surface area (Å²) >= 11 is 0. The van der Waals surface area contributed by atoms with E-state index < -0.39 is 6.10 Å². The molecule has 70 heavy (non-hydrogen) atoms. The van der Waals surface area contributed by atoms with Gasteiger partial charge < -0.3 is 14.2 Å². The topological polar surface area (TPSA) is 78.9 Å². The molecule has 6 heteroatoms. The molecular weight excluding hydrogens is 865 g/mol. The molecule has 0 heterocycles. The molecule has 1 atom stereocenters. The minimum Gasteiger partial charge on any atom is -0.462 e. The standard InChI is InChI=1S/C64H100O6/c1-4-7-10-13-16-18-20-22-24-26-28-29-30-31-32-33-34-35-37-38-40-42-44-46-48-51-54-57-63(66)69-60-61(59-68-62(65)56-53-50-15-12-9-6-3)70-64(67)58-55-52-49-47-45-43-41-39-36-27-25-23-21-19-17-14-11-8-5-2/h7-8,10-11,16-19,22-25,28-29,31-32,34-36,38-40,44,46,61H,4-6,9,12-15,20-21,26-27,30,33,37,41-43,45,47-60H2,1-3H3/b10-7-,11-8-,18-16-,19-17-,24-22-,25-23-,29-28-,32-31-,35-34-,39-36-,40-38-,46-44-. The predicted molar refractivity (Wildman–Crippen MR) is 302 cm³/mol. The van der Waals surface area contributed by atoms with Gasteiger partial charge in [0.15, 0.2) is 6.10 Å². The van der Waals surface area contributed by atoms with E-state index in [2.05, 4.69) is 167 Å². The normalized spacial score (nSPS) is 13.2. The first-order valence-corrected chi connectivity index (χ1v) is 27.8. The molecule has 0 aliphatic heterocycles. The molecule has 0 N–H and O–H groups in total. The minimum atomic E-state index is -0.807. The van der Waals surface area contributed by atoms with Crippen molar-refractivity contribution in [3.8, 4) is 0 Å². The zero-order valence-electron chi connectivity index (χ0n) is 44.7. The third kappa shape index (κ3) is 54.2. The van der Waals surface area contributed by atoms with Crippen molar-refractivity contribution in [3.63, 3.8) is 0 Å². The van der Waals surface area contributed by atoms with Gasteiger partial charge in [-0.05, 0) is 122 Å². The van der Waals surface area contributed by atoms with Crippen molar-refractivity contribution in [2.75, 3.05) is 13.2 Å². The van der Waals surface area contributed by atoms with Crippen LogP contribution in [0.3, 0.4) is 0 Å². The minimum absolute atomic E-state index is 0.104. The van der Waals surface area contributed by atoms with Crippen LogP contribution < -0.4 is 0 Å². The summed E-state index contributed by atoms with van der Waals surface area (Å²) in [5.74, 6) is -0.983. The molecule has 1 unspecified atom stereocenters. The van der Waals surface area contributed by atoms with Crippen LogP contribution in [-0.4, -0.2) is 37.2 Å². The first-order valence-electron chi connectivity index (χ1n) is 27.8. The Morgan fingerprint density at radius 3 is 0.900 bits per heavy atom. The molecule has 0 aliphatic carbocycles. The lowest BCUT2D eigenvalue weighted by Crippen LogP contribution is -2.30. The number of hydrogen-bond donors (Lipinski definition) is 0. The van der Waals surface area contributed by atoms with Crippen LogP contribution in [0.15, 0.2) is 146 Å². The maximum atomic E-state index is 12.8. The van der Waals surface area contributed by atoms with Crippen molar-refractivity contribution in [1.82, 2.24) is 0 Å². The summed E-state index contributed by atoms with van der Waals surface area (Å²) in [5.41, 5.74) is 0. The largest absolute Gasteiger partial charge is 0.462 e. The molecule has 0 rings (SSSR count). The number of rotatable bonds is 48. The Labute approximate surface area is 429 Å². The summed E-state index contributed by atoms with van der Waals surface area (Å²) in [4.78, 5) is 37.8. The molecule has 6 nitrogen and oxygen atoms in total. The van der Waals surface area contributed by atoms with Crippen molar-refractivity contribution in [2.45, 2.75) is 226 Å². The summed E-state index contributed by atoms with van der Waals surface area (Å²) in [6.45, 7) is 6.28. The summed E-state index contributed by atoms with van der Waals surface area (Å²) < 4.78 is 16.7. The van der Waals surface area contributed by atoms with Gasteiger partial charge in [0.05, 0.1) is 0 Å². The number of ether oxygens (including phenoxy) is 3. The summed E-state index contributed by atoms with van der Waals surface area (Å²) in [7, 11) is 0. The fraction of sp³-hybridized carbons (Fsp3) is 0.578. The molecule has 392 valence electrons. The second-order valence-electron chi connectivity index (χ2n) is 17.7. The van der Waals surface area contributed by atoms with Crippen molar-refractivity contribution in [3.05, 3.63) is 146 Å². The molecule has 0 bridgehead atoms. The van der Waals surface area contributed by atoms with Gasteiger partial charge in [-0.2, -0.15) is 0 Å². The summed E-state index contributed by atoms with van der Waals surface area (Å²) in [6, 6.07) is 0. The summed E-state index contributed by atoms with van der Waals surface area (Å²) in [5, 5.41) is 0. The van der Waals surface area contributed by atoms with Gasteiger partial charge in [-0.1, -0.05) is 224 Å². The number of allylic oxidation sites excluding steroid dienone is 24. The molecule has 0 radical (unpaired) electrons. The SMILES string of the molecule is CC/C=C\C/C=C\C/C=C\C/C=C\C/C=C\C/C=C\C/C=C\C/C=C\CCCCC(=O)OCC(COC(=O)CCCCCCCC)OC(=O)CCCCCCCC/C=C\C/C=C\C/C=C\C/C=C\CC. The maximum absolute atomic E-state index is 12.8. The molecular formula is C64H100O6. The number of esters is 3. The average molecular weight is 965 g/mol. The smallest absolute Gasteiger partial charge is 0.306 e. The summed E-state index contributed by atoms with van der Waals surface area (Å²) in [6.07, 6.45) is 81.5. The Morgan fingerprint density at radius 1 is 0.300 bits per heavy atom. The Balaban J connectivity index is 4.32. The van der Waals surface area contributed by atoms with Crippen LogP contribution in [-0.2, 0) is 28.6 Å². The van der Waals surface area contributed by atoms with Gasteiger partial charge in [0.25, 0.3) is 0 Å². The Hall–Kier alpha value is -4.71. The highest BCUT2D eigenvalue weighted by molar-refractivity contribution is 5.71. The molecule has 0 amide bonds. The van der Waals surface area contributed by atoms with Gasteiger partial charge in [0.1, 0.15) is 13.2 Å². The lowest BCUT2D eigenvalue weighted by molar-refractivity contribution is -0.167. The fourth-order valence-electron chi connectivity index (χ4n) is 6.98. The molecule has 0 saturated carbocycles. The van der Waals surface area contributed by atoms with Gasteiger partial charge in [-0.15, -0.1) is 0 Å². The van der Waals surface area contributed by atoms with E-state index in [4.69, 9.17) is 14.2 Å². The first kappa shape index (κ1) is 65.3. The number of carbonyl (C=O) groups excluding carboxylic acids is 3. The van der Waals surface area contributed by atoms with Crippen LogP contribution >= 0.6 is 0 Å². The van der Waals surface area contributed by atoms with Gasteiger partial charge in [-0.25, -0.2) is 0 Å². The van der Waals surface area contributed by atoms with Crippen molar-refractivity contribution < 1.29 is 28.6 Å². The van der Waals surface area contributed by atoms with Crippen LogP contribution in [0.5, 0.6) is 0 Å². The van der Waals surface area contributed by atoms with E-state index in [9.17, 15) is 14.4 Å². The van der Waals surface area contributed by atoms with E-state index in [1.165, 1.54) is 32.1 Å². The Bertz CT molecular complexity index is 1580. The first-order chi connectivity index (χ1) is 34.5. The maximum Gasteiger partial charge on any atom is 0.306 e. The van der Waals surface area contributed by atoms with Gasteiger partial charge in [-0.3, -0.25) is 14.4 Å². The molecule has 0 spiro atoms. The van der Waals surface area contributed by atoms with Gasteiger partial charge >= 0.3 is 17.9 Å². The molecule has 0 fully saturated rings. The van der Waals surface area contributed by atoms with Gasteiger partial charge in [0, 0.05) is 19.3 Å². The highest BCUT2D eigenvalue weighted by Crippen LogP contribution is 2.13. The van der Waals surface area contributed by atoms with Crippen molar-refractivity contribution in [2.24, 2.45) is 0 Å². The third-order valence-electron chi connectivity index (χ3n) is 11.1. The Morgan fingerprint density at radius 2 is 0.557 bits per heavy atom. The molecule has 0 saturated heterocycles. The van der Waals surface area contributed by atoms with E-state index in [0.717, 1.165) is 141 Å². The molecule has 0 aromatic rings. The molecule has 0 aromatic heterocycles. The Kier molecular flexibility index (Phi) is 53.0. The van der Waals surface area contributed by atoms with Crippen LogP contribution in [0.2, 0.25) is 0 Å². The molecule has 0 aliphatic rings. The number of unbranched alkanes of at least 4 members (excludes halogenated alkanes) is 13. The van der Waals surface area contributed by atoms with Gasteiger partial charge in [0.2, 0.25) is 0 Å². The van der Waals surface area contributed by atoms with Crippen LogP contribution in [0.4, 0.5) is 0 Å². The van der Waals surface area contributed by atoms with E-state index in [1.807, 2.05) is 0 Å². The lowest BCUT2D eigenvalue weighted by Gasteiger charge is -2.18. The highest BCUT2D eigenvalue weighted by atomic mass is 16.6. The monoisotopic (exact) mass is 965 g/mol. The zero-order valence-corrected chi connectivity index (χ0v) is 44.7. The quantitative estimate of drug-likeness (QED) is 0.0262. The van der Waals surface area contributed by atoms with E-state index in [-0.39, 0.29) is 31.1 Å². The van der Waals surface area contributed by atoms with Crippen LogP contribution in [0.1, 0.15) is 220 Å². The van der Waals surface area contributed by atoms with E-state index in [1.54, 1.807) is 0 Å². The second-order valence-corrected chi connectivity index (χ2v) is 17.7. The number of hydrogen-bond acceptors (Lipinski definition) is 6. The fourth-order valence-corrected chi connectivity index (χ4v) is 6.98. The van der Waals surface area contributed by atoms with E-state index >= 15 is 0 Å². The van der Waals surface area contributed by atoms with Crippen LogP contribution in [0, 0.1) is 0 Å². The highest BCUT2D eigenvalue weighted by Gasteiger charge is 2.19.